The molecule has 1 aliphatic rings. The van der Waals surface area contributed by atoms with Gasteiger partial charge in [-0.15, -0.1) is 11.8 Å². The lowest BCUT2D eigenvalue weighted by atomic mass is 10.1. The predicted molar refractivity (Wildman–Crippen MR) is 124 cm³/mol. The number of thioether (sulfide) groups is 1. The van der Waals surface area contributed by atoms with Crippen LogP contribution in [0.5, 0.6) is 5.75 Å². The van der Waals surface area contributed by atoms with E-state index >= 15 is 0 Å². The lowest BCUT2D eigenvalue weighted by Crippen LogP contribution is -2.32. The molecule has 2 aromatic rings. The molecule has 8 heteroatoms. The number of para-hydroxylation sites is 1. The Morgan fingerprint density at radius 2 is 1.77 bits per heavy atom. The molecule has 0 aliphatic carbocycles. The molecule has 0 aromatic heterocycles. The van der Waals surface area contributed by atoms with Crippen molar-refractivity contribution in [2.24, 2.45) is 0 Å². The summed E-state index contributed by atoms with van der Waals surface area (Å²) in [6, 6.07) is 11.6. The summed E-state index contributed by atoms with van der Waals surface area (Å²) in [6.07, 6.45) is 6.11. The van der Waals surface area contributed by atoms with Gasteiger partial charge in [0.05, 0.1) is 17.6 Å². The molecule has 1 heterocycles. The molecule has 0 spiro atoms. The third-order valence-corrected chi connectivity index (χ3v) is 7.88. The molecule has 0 unspecified atom stereocenters. The van der Waals surface area contributed by atoms with E-state index in [4.69, 9.17) is 4.74 Å². The summed E-state index contributed by atoms with van der Waals surface area (Å²) in [6.45, 7) is 3.20. The maximum atomic E-state index is 13.2. The van der Waals surface area contributed by atoms with Crippen molar-refractivity contribution in [1.29, 1.82) is 0 Å². The Labute approximate surface area is 189 Å². The van der Waals surface area contributed by atoms with Gasteiger partial charge in [-0.1, -0.05) is 31.0 Å². The van der Waals surface area contributed by atoms with Gasteiger partial charge in [0.25, 0.3) is 5.91 Å². The van der Waals surface area contributed by atoms with Crippen LogP contribution in [0.1, 0.15) is 54.6 Å². The Bertz CT molecular complexity index is 1020. The van der Waals surface area contributed by atoms with Crippen LogP contribution in [0.25, 0.3) is 0 Å². The summed E-state index contributed by atoms with van der Waals surface area (Å²) in [5.74, 6) is 0.522. The predicted octanol–water partition coefficient (Wildman–Crippen LogP) is 4.47. The van der Waals surface area contributed by atoms with Crippen LogP contribution in [0.15, 0.2) is 52.3 Å². The van der Waals surface area contributed by atoms with E-state index in [-0.39, 0.29) is 10.8 Å². The van der Waals surface area contributed by atoms with E-state index < -0.39 is 16.1 Å². The lowest BCUT2D eigenvalue weighted by molar-refractivity contribution is 0.0758. The summed E-state index contributed by atoms with van der Waals surface area (Å²) in [5, 5.41) is 0. The number of nitrogens with one attached hydrogen (secondary N) is 1. The van der Waals surface area contributed by atoms with Crippen LogP contribution in [-0.2, 0) is 10.0 Å². The first-order valence-corrected chi connectivity index (χ1v) is 13.2. The fourth-order valence-electron chi connectivity index (χ4n) is 3.85. The minimum atomic E-state index is -3.84. The maximum absolute atomic E-state index is 13.2. The zero-order valence-electron chi connectivity index (χ0n) is 18.3. The Kier molecular flexibility index (Phi) is 8.02. The highest BCUT2D eigenvalue weighted by atomic mass is 32.2. The van der Waals surface area contributed by atoms with Crippen molar-refractivity contribution in [3.8, 4) is 5.75 Å². The molecule has 0 bridgehead atoms. The number of hydrogen-bond acceptors (Lipinski definition) is 5. The van der Waals surface area contributed by atoms with Crippen LogP contribution in [-0.4, -0.2) is 45.7 Å². The minimum absolute atomic E-state index is 0.0882. The highest BCUT2D eigenvalue weighted by Gasteiger charge is 2.25. The highest BCUT2D eigenvalue weighted by Crippen LogP contribution is 2.29. The number of hydrogen-bond donors (Lipinski definition) is 1. The lowest BCUT2D eigenvalue weighted by Gasteiger charge is -2.22. The Hall–Kier alpha value is -2.03. The van der Waals surface area contributed by atoms with Crippen LogP contribution in [0.3, 0.4) is 0 Å². The van der Waals surface area contributed by atoms with Gasteiger partial charge in [0, 0.05) is 29.6 Å². The van der Waals surface area contributed by atoms with Gasteiger partial charge in [-0.05, 0) is 50.3 Å². The monoisotopic (exact) mass is 462 g/mol. The number of nitrogens with zero attached hydrogens (tertiary/aromatic N) is 1. The number of benzene rings is 2. The molecule has 1 N–H and O–H groups in total. The van der Waals surface area contributed by atoms with Gasteiger partial charge in [-0.2, -0.15) is 0 Å². The number of methoxy groups -OCH3 is 1. The molecule has 1 saturated heterocycles. The van der Waals surface area contributed by atoms with Crippen LogP contribution in [0.4, 0.5) is 0 Å². The second-order valence-electron chi connectivity index (χ2n) is 7.65. The first-order chi connectivity index (χ1) is 14.9. The molecule has 6 nitrogen and oxygen atoms in total. The van der Waals surface area contributed by atoms with E-state index in [1.807, 2.05) is 29.4 Å². The quantitative estimate of drug-likeness (QED) is 0.615. The SMILES string of the molecule is COc1ccccc1[C@@H](C)NS(=O)(=O)c1ccc(SC)c(C(=O)N2CCCCCC2)c1. The van der Waals surface area contributed by atoms with Gasteiger partial charge in [0.2, 0.25) is 10.0 Å². The molecule has 1 amide bonds. The van der Waals surface area contributed by atoms with Gasteiger partial charge in [0.15, 0.2) is 0 Å². The number of sulfonamides is 1. The average Bonchev–Trinajstić information content (AvgIpc) is 3.07. The zero-order valence-corrected chi connectivity index (χ0v) is 19.9. The minimum Gasteiger partial charge on any atom is -0.496 e. The molecule has 168 valence electrons. The summed E-state index contributed by atoms with van der Waals surface area (Å²) in [7, 11) is -2.28. The third-order valence-electron chi connectivity index (χ3n) is 5.54. The van der Waals surface area contributed by atoms with Crippen LogP contribution in [0.2, 0.25) is 0 Å². The Morgan fingerprint density at radius 3 is 2.42 bits per heavy atom. The first-order valence-electron chi connectivity index (χ1n) is 10.5. The smallest absolute Gasteiger partial charge is 0.255 e. The number of amides is 1. The summed E-state index contributed by atoms with van der Waals surface area (Å²) in [4.78, 5) is 15.9. The van der Waals surface area contributed by atoms with Crippen molar-refractivity contribution in [2.75, 3.05) is 26.5 Å². The molecule has 0 saturated carbocycles. The number of rotatable bonds is 7. The van der Waals surface area contributed by atoms with Gasteiger partial charge in [-0.25, -0.2) is 13.1 Å². The molecule has 1 atom stereocenters. The molecule has 3 rings (SSSR count). The van der Waals surface area contributed by atoms with Gasteiger partial charge in [-0.3, -0.25) is 4.79 Å². The molecular formula is C23H30N2O4S2. The van der Waals surface area contributed by atoms with Crippen molar-refractivity contribution >= 4 is 27.7 Å². The fourth-order valence-corrected chi connectivity index (χ4v) is 5.67. The average molecular weight is 463 g/mol. The van der Waals surface area contributed by atoms with Crippen molar-refractivity contribution < 1.29 is 17.9 Å². The largest absolute Gasteiger partial charge is 0.496 e. The Morgan fingerprint density at radius 1 is 1.10 bits per heavy atom. The molecular weight excluding hydrogens is 432 g/mol. The highest BCUT2D eigenvalue weighted by molar-refractivity contribution is 7.98. The molecule has 31 heavy (non-hydrogen) atoms. The Balaban J connectivity index is 1.89. The van der Waals surface area contributed by atoms with E-state index in [1.54, 1.807) is 32.2 Å². The van der Waals surface area contributed by atoms with Gasteiger partial charge < -0.3 is 9.64 Å². The maximum Gasteiger partial charge on any atom is 0.255 e. The standard InChI is InChI=1S/C23H30N2O4S2/c1-17(19-10-6-7-11-21(19)29-2)24-31(27,28)18-12-13-22(30-3)20(16-18)23(26)25-14-8-4-5-9-15-25/h6-7,10-13,16-17,24H,4-5,8-9,14-15H2,1-3H3/t17-/m1/s1. The van der Waals surface area contributed by atoms with E-state index in [0.29, 0.717) is 24.4 Å². The van der Waals surface area contributed by atoms with E-state index in [2.05, 4.69) is 4.72 Å². The number of likely N-dealkylation sites (tertiary alicyclic amines) is 1. The summed E-state index contributed by atoms with van der Waals surface area (Å²) >= 11 is 1.45. The van der Waals surface area contributed by atoms with Crippen LogP contribution >= 0.6 is 11.8 Å². The van der Waals surface area contributed by atoms with E-state index in [0.717, 1.165) is 36.1 Å². The van der Waals surface area contributed by atoms with Crippen molar-refractivity contribution in [2.45, 2.75) is 48.4 Å². The second-order valence-corrected chi connectivity index (χ2v) is 10.2. The zero-order chi connectivity index (χ0) is 22.4. The topological polar surface area (TPSA) is 75.7 Å². The summed E-state index contributed by atoms with van der Waals surface area (Å²) in [5.41, 5.74) is 1.19. The summed E-state index contributed by atoms with van der Waals surface area (Å²) < 4.78 is 34.3. The number of carbonyl (C=O) groups is 1. The molecule has 1 aliphatic heterocycles. The van der Waals surface area contributed by atoms with Crippen LogP contribution < -0.4 is 9.46 Å². The third kappa shape index (κ3) is 5.61. The van der Waals surface area contributed by atoms with Crippen molar-refractivity contribution in [3.05, 3.63) is 53.6 Å². The molecule has 2 aromatic carbocycles. The normalized spacial score (nSPS) is 15.9. The number of carbonyl (C=O) groups excluding carboxylic acids is 1. The first kappa shape index (κ1) is 23.6. The van der Waals surface area contributed by atoms with E-state index in [1.165, 1.54) is 17.8 Å². The van der Waals surface area contributed by atoms with Crippen LogP contribution in [0, 0.1) is 0 Å². The van der Waals surface area contributed by atoms with Crippen molar-refractivity contribution in [1.82, 2.24) is 9.62 Å². The number of ether oxygens (including phenoxy) is 1. The van der Waals surface area contributed by atoms with Crippen molar-refractivity contribution in [3.63, 3.8) is 0 Å². The van der Waals surface area contributed by atoms with Gasteiger partial charge in [0.1, 0.15) is 5.75 Å². The second kappa shape index (κ2) is 10.5. The fraction of sp³-hybridized carbons (Fsp3) is 0.435. The molecule has 1 fully saturated rings. The molecule has 0 radical (unpaired) electrons. The van der Waals surface area contributed by atoms with E-state index in [9.17, 15) is 13.2 Å². The van der Waals surface area contributed by atoms with Gasteiger partial charge >= 0.3 is 0 Å².